The monoisotopic (exact) mass is 343 g/mol. The molecule has 1 N–H and O–H groups in total. The number of benzene rings is 2. The van der Waals surface area contributed by atoms with Crippen LogP contribution in [0.4, 0.5) is 23.2 Å². The van der Waals surface area contributed by atoms with Crippen LogP contribution in [0.5, 0.6) is 0 Å². The number of nitrogens with one attached hydrogen (secondary N) is 1. The molecule has 0 spiro atoms. The molecule has 0 aliphatic heterocycles. The second kappa shape index (κ2) is 6.83. The number of alkyl halides is 3. The average Bonchev–Trinajstić information content (AvgIpc) is 2.46. The summed E-state index contributed by atoms with van der Waals surface area (Å²) < 4.78 is 51.2. The van der Waals surface area contributed by atoms with Gasteiger partial charge in [0.2, 0.25) is 5.91 Å². The molecular formula is C16H10ClF4NO. The third-order valence-electron chi connectivity index (χ3n) is 2.82. The highest BCUT2D eigenvalue weighted by Crippen LogP contribution is 2.36. The second-order valence-electron chi connectivity index (χ2n) is 4.57. The van der Waals surface area contributed by atoms with Crippen molar-refractivity contribution in [3.05, 3.63) is 70.5 Å². The summed E-state index contributed by atoms with van der Waals surface area (Å²) in [7, 11) is 0. The zero-order valence-corrected chi connectivity index (χ0v) is 12.3. The summed E-state index contributed by atoms with van der Waals surface area (Å²) in [5, 5.41) is 1.84. The van der Waals surface area contributed by atoms with E-state index in [4.69, 9.17) is 11.6 Å². The van der Waals surface area contributed by atoms with E-state index in [1.807, 2.05) is 0 Å². The lowest BCUT2D eigenvalue weighted by Gasteiger charge is -2.11. The van der Waals surface area contributed by atoms with Crippen molar-refractivity contribution < 1.29 is 22.4 Å². The van der Waals surface area contributed by atoms with E-state index in [2.05, 4.69) is 5.32 Å². The highest BCUT2D eigenvalue weighted by Gasteiger charge is 2.33. The molecule has 0 radical (unpaired) electrons. The predicted octanol–water partition coefficient (Wildman–Crippen LogP) is 5.15. The molecule has 0 heterocycles. The molecule has 2 rings (SSSR count). The van der Waals surface area contributed by atoms with Gasteiger partial charge in [0.1, 0.15) is 5.82 Å². The molecule has 0 aliphatic carbocycles. The lowest BCUT2D eigenvalue weighted by molar-refractivity contribution is -0.137. The molecule has 7 heteroatoms. The SMILES string of the molecule is O=C(C=Cc1cccc(F)c1)Nc1ccc(Cl)c(C(F)(F)F)c1. The van der Waals surface area contributed by atoms with Crippen molar-refractivity contribution >= 4 is 29.3 Å². The smallest absolute Gasteiger partial charge is 0.322 e. The minimum Gasteiger partial charge on any atom is -0.322 e. The van der Waals surface area contributed by atoms with Crippen molar-refractivity contribution in [1.82, 2.24) is 0 Å². The maximum atomic E-state index is 13.0. The van der Waals surface area contributed by atoms with Crippen molar-refractivity contribution in [3.8, 4) is 0 Å². The topological polar surface area (TPSA) is 29.1 Å². The molecular weight excluding hydrogens is 334 g/mol. The Bertz CT molecular complexity index is 756. The van der Waals surface area contributed by atoms with Gasteiger partial charge in [-0.15, -0.1) is 0 Å². The maximum absolute atomic E-state index is 13.0. The standard InChI is InChI=1S/C16H10ClF4NO/c17-14-6-5-12(9-13(14)16(19,20)21)22-15(23)7-4-10-2-1-3-11(18)8-10/h1-9H,(H,22,23). The lowest BCUT2D eigenvalue weighted by Crippen LogP contribution is -2.11. The summed E-state index contributed by atoms with van der Waals surface area (Å²) in [5.74, 6) is -1.11. The molecule has 0 aliphatic rings. The van der Waals surface area contributed by atoms with Gasteiger partial charge < -0.3 is 5.32 Å². The molecule has 0 bridgehead atoms. The third kappa shape index (κ3) is 4.82. The minimum absolute atomic E-state index is 0.0457. The van der Waals surface area contributed by atoms with Crippen LogP contribution in [0.15, 0.2) is 48.5 Å². The van der Waals surface area contributed by atoms with Crippen LogP contribution in [-0.2, 0) is 11.0 Å². The molecule has 1 amide bonds. The number of amides is 1. The van der Waals surface area contributed by atoms with Gasteiger partial charge in [-0.3, -0.25) is 4.79 Å². The van der Waals surface area contributed by atoms with E-state index in [1.165, 1.54) is 30.3 Å². The van der Waals surface area contributed by atoms with E-state index in [0.717, 1.165) is 18.2 Å². The number of carbonyl (C=O) groups excluding carboxylic acids is 1. The number of hydrogen-bond donors (Lipinski definition) is 1. The number of rotatable bonds is 3. The summed E-state index contributed by atoms with van der Waals surface area (Å²) in [5.41, 5.74) is -0.631. The van der Waals surface area contributed by atoms with Crippen LogP contribution in [0.2, 0.25) is 5.02 Å². The molecule has 0 saturated heterocycles. The van der Waals surface area contributed by atoms with Crippen molar-refractivity contribution in [2.75, 3.05) is 5.32 Å². The number of anilines is 1. The fourth-order valence-electron chi connectivity index (χ4n) is 1.79. The summed E-state index contributed by atoms with van der Waals surface area (Å²) >= 11 is 5.49. The Balaban J connectivity index is 2.12. The van der Waals surface area contributed by atoms with Crippen molar-refractivity contribution in [3.63, 3.8) is 0 Å². The van der Waals surface area contributed by atoms with Gasteiger partial charge in [0, 0.05) is 11.8 Å². The van der Waals surface area contributed by atoms with E-state index in [1.54, 1.807) is 6.07 Å². The summed E-state index contributed by atoms with van der Waals surface area (Å²) in [6.45, 7) is 0. The predicted molar refractivity (Wildman–Crippen MR) is 80.5 cm³/mol. The molecule has 23 heavy (non-hydrogen) atoms. The van der Waals surface area contributed by atoms with Crippen LogP contribution >= 0.6 is 11.6 Å². The normalized spacial score (nSPS) is 11.7. The summed E-state index contributed by atoms with van der Waals surface area (Å²) in [6, 6.07) is 8.58. The second-order valence-corrected chi connectivity index (χ2v) is 4.98. The van der Waals surface area contributed by atoms with E-state index in [0.29, 0.717) is 5.56 Å². The third-order valence-corrected chi connectivity index (χ3v) is 3.14. The highest BCUT2D eigenvalue weighted by molar-refractivity contribution is 6.31. The van der Waals surface area contributed by atoms with E-state index in [-0.39, 0.29) is 5.69 Å². The molecule has 2 aromatic rings. The van der Waals surface area contributed by atoms with Crippen LogP contribution in [0.25, 0.3) is 6.08 Å². The minimum atomic E-state index is -4.62. The van der Waals surface area contributed by atoms with Gasteiger partial charge in [0.25, 0.3) is 0 Å². The van der Waals surface area contributed by atoms with Crippen LogP contribution in [-0.4, -0.2) is 5.91 Å². The van der Waals surface area contributed by atoms with E-state index in [9.17, 15) is 22.4 Å². The van der Waals surface area contributed by atoms with E-state index >= 15 is 0 Å². The van der Waals surface area contributed by atoms with Gasteiger partial charge in [-0.2, -0.15) is 13.2 Å². The molecule has 120 valence electrons. The van der Waals surface area contributed by atoms with Crippen molar-refractivity contribution in [2.45, 2.75) is 6.18 Å². The summed E-state index contributed by atoms with van der Waals surface area (Å²) in [4.78, 5) is 11.7. The molecule has 0 unspecified atom stereocenters. The first-order chi connectivity index (χ1) is 10.8. The van der Waals surface area contributed by atoms with Gasteiger partial charge >= 0.3 is 6.18 Å². The van der Waals surface area contributed by atoms with Gasteiger partial charge in [-0.05, 0) is 42.0 Å². The first kappa shape index (κ1) is 17.0. The Morgan fingerprint density at radius 1 is 1.13 bits per heavy atom. The molecule has 0 atom stereocenters. The van der Waals surface area contributed by atoms with Gasteiger partial charge in [0.05, 0.1) is 10.6 Å². The Morgan fingerprint density at radius 2 is 1.87 bits per heavy atom. The largest absolute Gasteiger partial charge is 0.417 e. The van der Waals surface area contributed by atoms with Gasteiger partial charge in [-0.1, -0.05) is 23.7 Å². The lowest BCUT2D eigenvalue weighted by atomic mass is 10.2. The van der Waals surface area contributed by atoms with Gasteiger partial charge in [0.15, 0.2) is 0 Å². The van der Waals surface area contributed by atoms with E-state index < -0.39 is 28.5 Å². The number of carbonyl (C=O) groups is 1. The molecule has 0 aromatic heterocycles. The zero-order valence-electron chi connectivity index (χ0n) is 11.5. The van der Waals surface area contributed by atoms with Crippen LogP contribution in [0, 0.1) is 5.82 Å². The Morgan fingerprint density at radius 3 is 2.52 bits per heavy atom. The first-order valence-corrected chi connectivity index (χ1v) is 6.75. The van der Waals surface area contributed by atoms with Crippen LogP contribution in [0.3, 0.4) is 0 Å². The quantitative estimate of drug-likeness (QED) is 0.606. The fraction of sp³-hybridized carbons (Fsp3) is 0.0625. The molecule has 2 nitrogen and oxygen atoms in total. The van der Waals surface area contributed by atoms with Crippen molar-refractivity contribution in [2.24, 2.45) is 0 Å². The number of hydrogen-bond acceptors (Lipinski definition) is 1. The summed E-state index contributed by atoms with van der Waals surface area (Å²) in [6.07, 6.45) is -2.18. The fourth-order valence-corrected chi connectivity index (χ4v) is 2.01. The molecule has 2 aromatic carbocycles. The Kier molecular flexibility index (Phi) is 5.05. The molecule has 0 fully saturated rings. The molecule has 0 saturated carbocycles. The first-order valence-electron chi connectivity index (χ1n) is 6.37. The zero-order chi connectivity index (χ0) is 17.0. The van der Waals surface area contributed by atoms with Crippen LogP contribution < -0.4 is 5.32 Å². The highest BCUT2D eigenvalue weighted by atomic mass is 35.5. The maximum Gasteiger partial charge on any atom is 0.417 e. The average molecular weight is 344 g/mol. The number of halogens is 5. The van der Waals surface area contributed by atoms with Crippen LogP contribution in [0.1, 0.15) is 11.1 Å². The van der Waals surface area contributed by atoms with Gasteiger partial charge in [-0.25, -0.2) is 4.39 Å². The van der Waals surface area contributed by atoms with Crippen molar-refractivity contribution in [1.29, 1.82) is 0 Å². The Labute approximate surface area is 134 Å². The Hall–Kier alpha value is -2.34.